The molecule has 2 atom stereocenters. The monoisotopic (exact) mass is 238 g/mol. The first-order chi connectivity index (χ1) is 8.11. The van der Waals surface area contributed by atoms with E-state index in [1.54, 1.807) is 4.68 Å². The second-order valence-corrected chi connectivity index (χ2v) is 5.10. The van der Waals surface area contributed by atoms with E-state index in [-0.39, 0.29) is 6.10 Å². The molecule has 2 unspecified atom stereocenters. The Morgan fingerprint density at radius 1 is 1.65 bits per heavy atom. The van der Waals surface area contributed by atoms with Crippen molar-refractivity contribution in [3.8, 4) is 0 Å². The number of aryl methyl sites for hydroxylation is 2. The first-order valence-corrected chi connectivity index (χ1v) is 6.43. The third-order valence-electron chi connectivity index (χ3n) is 3.62. The lowest BCUT2D eigenvalue weighted by molar-refractivity contribution is -0.107. The molecule has 1 aromatic heterocycles. The van der Waals surface area contributed by atoms with Crippen LogP contribution < -0.4 is 0 Å². The Balaban J connectivity index is 1.88. The van der Waals surface area contributed by atoms with Crippen LogP contribution in [0.1, 0.15) is 38.2 Å². The van der Waals surface area contributed by atoms with Crippen LogP contribution in [-0.2, 0) is 18.2 Å². The number of ether oxygens (including phenoxy) is 1. The highest BCUT2D eigenvalue weighted by molar-refractivity contribution is 5.05. The molecule has 2 heterocycles. The van der Waals surface area contributed by atoms with Crippen LogP contribution in [0, 0.1) is 0 Å². The fraction of sp³-hybridized carbons (Fsp3) is 0.769. The molecule has 1 fully saturated rings. The molecule has 0 saturated carbocycles. The Labute approximate surface area is 103 Å². The molecule has 0 spiro atoms. The largest absolute Gasteiger partial charge is 0.390 e. The normalized spacial score (nSPS) is 29.5. The Bertz CT molecular complexity index is 364. The highest BCUT2D eigenvalue weighted by Crippen LogP contribution is 2.30. The summed E-state index contributed by atoms with van der Waals surface area (Å²) < 4.78 is 7.41. The zero-order valence-electron chi connectivity index (χ0n) is 10.7. The van der Waals surface area contributed by atoms with Crippen LogP contribution in [0.4, 0.5) is 0 Å². The smallest absolute Gasteiger partial charge is 0.0697 e. The molecule has 1 aliphatic rings. The summed E-state index contributed by atoms with van der Waals surface area (Å²) in [5.74, 6) is 0. The van der Waals surface area contributed by atoms with Gasteiger partial charge in [-0.3, -0.25) is 4.68 Å². The predicted octanol–water partition coefficient (Wildman–Crippen LogP) is 1.67. The lowest BCUT2D eigenvalue weighted by atomic mass is 9.85. The Morgan fingerprint density at radius 3 is 3.12 bits per heavy atom. The summed E-state index contributed by atoms with van der Waals surface area (Å²) in [6.07, 6.45) is 8.31. The van der Waals surface area contributed by atoms with E-state index in [1.165, 1.54) is 5.56 Å². The molecule has 1 aliphatic heterocycles. The van der Waals surface area contributed by atoms with E-state index in [9.17, 15) is 5.11 Å². The topological polar surface area (TPSA) is 47.3 Å². The highest BCUT2D eigenvalue weighted by atomic mass is 16.5. The van der Waals surface area contributed by atoms with Gasteiger partial charge in [-0.05, 0) is 31.2 Å². The number of aliphatic hydroxyl groups is 1. The molecule has 0 aromatic carbocycles. The maximum atomic E-state index is 10.5. The summed E-state index contributed by atoms with van der Waals surface area (Å²) in [7, 11) is 1.92. The molecule has 96 valence electrons. The fourth-order valence-corrected chi connectivity index (χ4v) is 2.47. The van der Waals surface area contributed by atoms with Gasteiger partial charge in [-0.1, -0.05) is 6.92 Å². The highest BCUT2D eigenvalue weighted by Gasteiger charge is 2.33. The van der Waals surface area contributed by atoms with E-state index >= 15 is 0 Å². The summed E-state index contributed by atoms with van der Waals surface area (Å²) in [5.41, 5.74) is 0.648. The van der Waals surface area contributed by atoms with Gasteiger partial charge in [-0.25, -0.2) is 0 Å². The first-order valence-electron chi connectivity index (χ1n) is 6.43. The zero-order chi connectivity index (χ0) is 12.3. The van der Waals surface area contributed by atoms with Crippen LogP contribution in [0.3, 0.4) is 0 Å². The molecule has 0 radical (unpaired) electrons. The Kier molecular flexibility index (Phi) is 3.84. The van der Waals surface area contributed by atoms with Crippen LogP contribution >= 0.6 is 0 Å². The molecule has 4 heteroatoms. The molecule has 17 heavy (non-hydrogen) atoms. The maximum absolute atomic E-state index is 10.5. The summed E-state index contributed by atoms with van der Waals surface area (Å²) in [6, 6.07) is 0. The average molecular weight is 238 g/mol. The Morgan fingerprint density at radius 2 is 2.47 bits per heavy atom. The summed E-state index contributed by atoms with van der Waals surface area (Å²) in [4.78, 5) is 0. The third-order valence-corrected chi connectivity index (χ3v) is 3.62. The molecule has 4 nitrogen and oxygen atoms in total. The van der Waals surface area contributed by atoms with Gasteiger partial charge >= 0.3 is 0 Å². The van der Waals surface area contributed by atoms with E-state index in [2.05, 4.69) is 12.0 Å². The van der Waals surface area contributed by atoms with E-state index in [1.807, 2.05) is 19.4 Å². The predicted molar refractivity (Wildman–Crippen MR) is 65.7 cm³/mol. The van der Waals surface area contributed by atoms with E-state index in [4.69, 9.17) is 4.74 Å². The van der Waals surface area contributed by atoms with Gasteiger partial charge in [0.2, 0.25) is 0 Å². The summed E-state index contributed by atoms with van der Waals surface area (Å²) >= 11 is 0. The van der Waals surface area contributed by atoms with Gasteiger partial charge in [0.05, 0.1) is 17.9 Å². The standard InChI is InChI=1S/C13H22N2O2/c1-3-12-8-13(16,6-7-17-12)5-4-11-9-14-15(2)10-11/h9-10,12,16H,3-8H2,1-2H3. The molecule has 0 amide bonds. The molecule has 1 saturated heterocycles. The van der Waals surface area contributed by atoms with E-state index in [0.717, 1.165) is 32.1 Å². The molecular formula is C13H22N2O2. The summed E-state index contributed by atoms with van der Waals surface area (Å²) in [6.45, 7) is 2.79. The lowest BCUT2D eigenvalue weighted by Gasteiger charge is -2.36. The number of hydrogen-bond acceptors (Lipinski definition) is 3. The number of rotatable bonds is 4. The van der Waals surface area contributed by atoms with Crippen molar-refractivity contribution in [2.24, 2.45) is 7.05 Å². The van der Waals surface area contributed by atoms with Crippen molar-refractivity contribution in [2.75, 3.05) is 6.61 Å². The van der Waals surface area contributed by atoms with Gasteiger partial charge < -0.3 is 9.84 Å². The minimum atomic E-state index is -0.547. The van der Waals surface area contributed by atoms with Gasteiger partial charge in [-0.2, -0.15) is 5.10 Å². The van der Waals surface area contributed by atoms with Crippen molar-refractivity contribution < 1.29 is 9.84 Å². The van der Waals surface area contributed by atoms with Crippen LogP contribution in [0.15, 0.2) is 12.4 Å². The van der Waals surface area contributed by atoms with Crippen molar-refractivity contribution in [2.45, 2.75) is 50.7 Å². The van der Waals surface area contributed by atoms with Gasteiger partial charge in [0.1, 0.15) is 0 Å². The molecule has 1 N–H and O–H groups in total. The fourth-order valence-electron chi connectivity index (χ4n) is 2.47. The third kappa shape index (κ3) is 3.30. The summed E-state index contributed by atoms with van der Waals surface area (Å²) in [5, 5.41) is 14.7. The number of hydrogen-bond donors (Lipinski definition) is 1. The van der Waals surface area contributed by atoms with E-state index in [0.29, 0.717) is 6.61 Å². The van der Waals surface area contributed by atoms with Crippen LogP contribution in [0.25, 0.3) is 0 Å². The number of aromatic nitrogens is 2. The zero-order valence-corrected chi connectivity index (χ0v) is 10.7. The average Bonchev–Trinajstić information content (AvgIpc) is 2.73. The molecule has 0 bridgehead atoms. The minimum absolute atomic E-state index is 0.225. The quantitative estimate of drug-likeness (QED) is 0.868. The van der Waals surface area contributed by atoms with Crippen molar-refractivity contribution in [3.05, 3.63) is 18.0 Å². The van der Waals surface area contributed by atoms with Gasteiger partial charge in [0.25, 0.3) is 0 Å². The maximum Gasteiger partial charge on any atom is 0.0697 e. The van der Waals surface area contributed by atoms with Crippen molar-refractivity contribution in [1.29, 1.82) is 0 Å². The van der Waals surface area contributed by atoms with Gasteiger partial charge in [0.15, 0.2) is 0 Å². The second-order valence-electron chi connectivity index (χ2n) is 5.10. The first kappa shape index (κ1) is 12.6. The van der Waals surface area contributed by atoms with E-state index < -0.39 is 5.60 Å². The van der Waals surface area contributed by atoms with Crippen LogP contribution in [0.5, 0.6) is 0 Å². The van der Waals surface area contributed by atoms with Crippen molar-refractivity contribution in [3.63, 3.8) is 0 Å². The molecule has 2 rings (SSSR count). The molecule has 1 aromatic rings. The number of nitrogens with zero attached hydrogens (tertiary/aromatic N) is 2. The van der Waals surface area contributed by atoms with Crippen LogP contribution in [0.2, 0.25) is 0 Å². The Hall–Kier alpha value is -0.870. The van der Waals surface area contributed by atoms with Crippen molar-refractivity contribution in [1.82, 2.24) is 9.78 Å². The minimum Gasteiger partial charge on any atom is -0.390 e. The van der Waals surface area contributed by atoms with Crippen LogP contribution in [-0.4, -0.2) is 33.2 Å². The van der Waals surface area contributed by atoms with Gasteiger partial charge in [0, 0.05) is 26.3 Å². The van der Waals surface area contributed by atoms with Crippen molar-refractivity contribution >= 4 is 0 Å². The second kappa shape index (κ2) is 5.19. The molecule has 0 aliphatic carbocycles. The SMILES string of the molecule is CCC1CC(O)(CCc2cnn(C)c2)CCO1. The molecular weight excluding hydrogens is 216 g/mol. The lowest BCUT2D eigenvalue weighted by Crippen LogP contribution is -2.40. The van der Waals surface area contributed by atoms with Gasteiger partial charge in [-0.15, -0.1) is 0 Å².